The van der Waals surface area contributed by atoms with Gasteiger partial charge in [-0.25, -0.2) is 4.85 Å². The third-order valence-electron chi connectivity index (χ3n) is 14.1. The number of benzene rings is 11. The van der Waals surface area contributed by atoms with Crippen molar-refractivity contribution in [3.63, 3.8) is 0 Å². The smallest absolute Gasteiger partial charge is 0.210 e. The minimum Gasteiger partial charge on any atom is -0.320 e. The van der Waals surface area contributed by atoms with Crippen molar-refractivity contribution >= 4 is 72.1 Å². The predicted molar refractivity (Wildman–Crippen MR) is 288 cm³/mol. The monoisotopic (exact) mass is 880 g/mol. The van der Waals surface area contributed by atoms with E-state index in [9.17, 15) is 5.26 Å². The molecule has 0 radical (unpaired) electrons. The standard InChI is InChI=1S/C65H44N4/c1-65(2)58-40-54(68(62-23-13-11-21-60(62)67-3)52-32-28-45(29-33-52)49-26-24-43-14-4-6-16-47(43)38-49)36-37-57(58)64-56-20-10-9-19-55(56)63(41-59(64)65)69(61-22-12-8-18-51(61)42-66)53-34-30-46(31-35-53)50-27-25-44-15-5-7-17-48(44)39-50/h4-41H,1-2H3. The number of rotatable bonds is 8. The fourth-order valence-corrected chi connectivity index (χ4v) is 10.6. The molecule has 0 aromatic heterocycles. The zero-order valence-electron chi connectivity index (χ0n) is 38.2. The molecule has 11 aromatic rings. The van der Waals surface area contributed by atoms with Crippen molar-refractivity contribution in [3.8, 4) is 39.4 Å². The van der Waals surface area contributed by atoms with E-state index < -0.39 is 5.41 Å². The largest absolute Gasteiger partial charge is 0.320 e. The first kappa shape index (κ1) is 41.2. The van der Waals surface area contributed by atoms with E-state index in [-0.39, 0.29) is 0 Å². The average molecular weight is 881 g/mol. The summed E-state index contributed by atoms with van der Waals surface area (Å²) in [6.45, 7) is 12.9. The Morgan fingerprint density at radius 1 is 0.420 bits per heavy atom. The molecule has 0 saturated carbocycles. The molecule has 0 atom stereocenters. The molecule has 4 heteroatoms. The van der Waals surface area contributed by atoms with Crippen molar-refractivity contribution < 1.29 is 0 Å². The lowest BCUT2D eigenvalue weighted by Gasteiger charge is -2.31. The third kappa shape index (κ3) is 6.98. The van der Waals surface area contributed by atoms with Gasteiger partial charge < -0.3 is 9.80 Å². The van der Waals surface area contributed by atoms with Crippen LogP contribution in [0.5, 0.6) is 0 Å². The van der Waals surface area contributed by atoms with Crippen LogP contribution in [0.25, 0.3) is 70.5 Å². The summed E-state index contributed by atoms with van der Waals surface area (Å²) in [6, 6.07) is 83.7. The van der Waals surface area contributed by atoms with E-state index in [2.05, 4.69) is 217 Å². The molecule has 0 fully saturated rings. The number of nitrogens with zero attached hydrogens (tertiary/aromatic N) is 4. The second kappa shape index (κ2) is 16.6. The minimum atomic E-state index is -0.426. The zero-order chi connectivity index (χ0) is 46.6. The van der Waals surface area contributed by atoms with Gasteiger partial charge >= 0.3 is 0 Å². The molecule has 0 unspecified atom stereocenters. The van der Waals surface area contributed by atoms with Crippen LogP contribution in [0.15, 0.2) is 231 Å². The first-order chi connectivity index (χ1) is 33.9. The van der Waals surface area contributed by atoms with Gasteiger partial charge in [0.15, 0.2) is 0 Å². The van der Waals surface area contributed by atoms with Crippen LogP contribution in [-0.4, -0.2) is 0 Å². The number of hydrogen-bond acceptors (Lipinski definition) is 3. The Balaban J connectivity index is 0.987. The van der Waals surface area contributed by atoms with Gasteiger partial charge in [0.25, 0.3) is 0 Å². The first-order valence-electron chi connectivity index (χ1n) is 23.3. The molecule has 1 aliphatic rings. The molecule has 0 aliphatic heterocycles. The van der Waals surface area contributed by atoms with Crippen LogP contribution in [0.2, 0.25) is 0 Å². The van der Waals surface area contributed by atoms with E-state index >= 15 is 0 Å². The molecule has 0 amide bonds. The Bertz CT molecular complexity index is 3910. The molecule has 324 valence electrons. The van der Waals surface area contributed by atoms with Crippen molar-refractivity contribution in [2.24, 2.45) is 0 Å². The number of fused-ring (bicyclic) bond motifs is 7. The maximum atomic E-state index is 10.6. The molecular weight excluding hydrogens is 837 g/mol. The second-order valence-electron chi connectivity index (χ2n) is 18.3. The van der Waals surface area contributed by atoms with E-state index in [1.54, 1.807) is 0 Å². The molecule has 0 saturated heterocycles. The van der Waals surface area contributed by atoms with E-state index in [0.29, 0.717) is 11.3 Å². The Morgan fingerprint density at radius 2 is 0.928 bits per heavy atom. The summed E-state index contributed by atoms with van der Waals surface area (Å²) >= 11 is 0. The molecule has 0 heterocycles. The lowest BCUT2D eigenvalue weighted by atomic mass is 9.81. The molecule has 12 rings (SSSR count). The highest BCUT2D eigenvalue weighted by molar-refractivity contribution is 6.10. The minimum absolute atomic E-state index is 0.426. The van der Waals surface area contributed by atoms with Crippen molar-refractivity contribution in [2.75, 3.05) is 9.80 Å². The third-order valence-corrected chi connectivity index (χ3v) is 14.1. The molecule has 11 aromatic carbocycles. The topological polar surface area (TPSA) is 34.6 Å². The summed E-state index contributed by atoms with van der Waals surface area (Å²) in [5, 5.41) is 17.7. The van der Waals surface area contributed by atoms with Gasteiger partial charge in [-0.15, -0.1) is 0 Å². The molecule has 69 heavy (non-hydrogen) atoms. The zero-order valence-corrected chi connectivity index (χ0v) is 38.2. The molecule has 1 aliphatic carbocycles. The quantitative estimate of drug-likeness (QED) is 0.143. The molecule has 0 N–H and O–H groups in total. The molecule has 4 nitrogen and oxygen atoms in total. The number of para-hydroxylation sites is 3. The Kier molecular flexibility index (Phi) is 9.91. The number of nitriles is 1. The fraction of sp³-hybridized carbons (Fsp3) is 0.0462. The summed E-state index contributed by atoms with van der Waals surface area (Å²) in [4.78, 5) is 8.50. The second-order valence-corrected chi connectivity index (χ2v) is 18.3. The van der Waals surface area contributed by atoms with Crippen LogP contribution in [0.3, 0.4) is 0 Å². The van der Waals surface area contributed by atoms with E-state index in [1.807, 2.05) is 48.5 Å². The number of hydrogen-bond donors (Lipinski definition) is 0. The maximum absolute atomic E-state index is 10.6. The van der Waals surface area contributed by atoms with Gasteiger partial charge in [-0.3, -0.25) is 0 Å². The van der Waals surface area contributed by atoms with Gasteiger partial charge in [0.05, 0.1) is 29.2 Å². The normalized spacial score (nSPS) is 12.3. The van der Waals surface area contributed by atoms with Crippen LogP contribution in [-0.2, 0) is 5.41 Å². The van der Waals surface area contributed by atoms with Crippen LogP contribution in [0.1, 0.15) is 30.5 Å². The van der Waals surface area contributed by atoms with Gasteiger partial charge in [0.2, 0.25) is 5.69 Å². The van der Waals surface area contributed by atoms with E-state index in [4.69, 9.17) is 6.57 Å². The van der Waals surface area contributed by atoms with Crippen LogP contribution in [0, 0.1) is 17.9 Å². The van der Waals surface area contributed by atoms with Crippen molar-refractivity contribution in [2.45, 2.75) is 19.3 Å². The van der Waals surface area contributed by atoms with Crippen LogP contribution < -0.4 is 9.80 Å². The van der Waals surface area contributed by atoms with Crippen molar-refractivity contribution in [1.82, 2.24) is 0 Å². The molecule has 0 bridgehead atoms. The van der Waals surface area contributed by atoms with Crippen molar-refractivity contribution in [3.05, 3.63) is 259 Å². The SMILES string of the molecule is [C-]#[N+]c1ccccc1N(c1ccc(-c2ccc3ccccc3c2)cc1)c1ccc2c(c1)C(C)(C)c1cc(N(c3ccc(-c4ccc5ccccc5c4)cc3)c3ccccc3C#N)c3ccccc3c1-2. The van der Waals surface area contributed by atoms with E-state index in [0.717, 1.165) is 67.2 Å². The fourth-order valence-electron chi connectivity index (χ4n) is 10.6. The van der Waals surface area contributed by atoms with Crippen molar-refractivity contribution in [1.29, 1.82) is 5.26 Å². The summed E-state index contributed by atoms with van der Waals surface area (Å²) in [5.74, 6) is 0. The first-order valence-corrected chi connectivity index (χ1v) is 23.3. The van der Waals surface area contributed by atoms with E-state index in [1.165, 1.54) is 43.8 Å². The maximum Gasteiger partial charge on any atom is 0.210 e. The average Bonchev–Trinajstić information content (AvgIpc) is 3.64. The summed E-state index contributed by atoms with van der Waals surface area (Å²) in [5.41, 5.74) is 15.7. The highest BCUT2D eigenvalue weighted by atomic mass is 15.2. The highest BCUT2D eigenvalue weighted by Crippen LogP contribution is 2.56. The van der Waals surface area contributed by atoms with Gasteiger partial charge in [-0.1, -0.05) is 172 Å². The summed E-state index contributed by atoms with van der Waals surface area (Å²) in [7, 11) is 0. The summed E-state index contributed by atoms with van der Waals surface area (Å²) in [6.07, 6.45) is 0. The van der Waals surface area contributed by atoms with Crippen LogP contribution in [0.4, 0.5) is 39.8 Å². The van der Waals surface area contributed by atoms with Gasteiger partial charge in [0, 0.05) is 27.9 Å². The van der Waals surface area contributed by atoms with Gasteiger partial charge in [0.1, 0.15) is 6.07 Å². The van der Waals surface area contributed by atoms with Crippen LogP contribution >= 0.6 is 0 Å². The molecule has 0 spiro atoms. The lowest BCUT2D eigenvalue weighted by molar-refractivity contribution is 0.661. The highest BCUT2D eigenvalue weighted by Gasteiger charge is 2.39. The summed E-state index contributed by atoms with van der Waals surface area (Å²) < 4.78 is 0. The van der Waals surface area contributed by atoms with Gasteiger partial charge in [-0.2, -0.15) is 5.26 Å². The Labute approximate surface area is 402 Å². The lowest BCUT2D eigenvalue weighted by Crippen LogP contribution is -2.18. The van der Waals surface area contributed by atoms with Gasteiger partial charge in [-0.05, 0) is 144 Å². The molecular formula is C65H44N4. The predicted octanol–water partition coefficient (Wildman–Crippen LogP) is 18.1. The Morgan fingerprint density at radius 3 is 1.55 bits per heavy atom. The Hall–Kier alpha value is -9.22. The number of anilines is 6.